The Morgan fingerprint density at radius 3 is 2.36 bits per heavy atom. The summed E-state index contributed by atoms with van der Waals surface area (Å²) in [6, 6.07) is 3.43. The number of alkyl halides is 3. The minimum Gasteiger partial charge on any atom is -0.483 e. The number of hydrogen-bond acceptors (Lipinski definition) is 5. The predicted molar refractivity (Wildman–Crippen MR) is 93.5 cm³/mol. The fraction of sp³-hybridized carbons (Fsp3) is 0.611. The van der Waals surface area contributed by atoms with Crippen LogP contribution in [0.15, 0.2) is 18.2 Å². The van der Waals surface area contributed by atoms with Crippen molar-refractivity contribution in [3.8, 4) is 0 Å². The lowest BCUT2D eigenvalue weighted by Crippen LogP contribution is -2.46. The van der Waals surface area contributed by atoms with E-state index in [4.69, 9.17) is 9.90 Å². The highest BCUT2D eigenvalue weighted by Crippen LogP contribution is 2.38. The Morgan fingerprint density at radius 1 is 1.25 bits per heavy atom. The highest BCUT2D eigenvalue weighted by Gasteiger charge is 2.44. The van der Waals surface area contributed by atoms with Crippen LogP contribution in [0, 0.1) is 11.8 Å². The Kier molecular flexibility index (Phi) is 7.00. The van der Waals surface area contributed by atoms with Crippen molar-refractivity contribution < 1.29 is 33.0 Å². The summed E-state index contributed by atoms with van der Waals surface area (Å²) in [4.78, 5) is 28.0. The van der Waals surface area contributed by atoms with Gasteiger partial charge in [0.05, 0.1) is 6.10 Å². The molecule has 3 rings (SSSR count). The molecule has 1 saturated heterocycles. The zero-order valence-electron chi connectivity index (χ0n) is 15.6. The Labute approximate surface area is 160 Å². The van der Waals surface area contributed by atoms with E-state index >= 15 is 0 Å². The number of aliphatic hydroxyl groups is 1. The SMILES string of the molecule is CN(C)[C@@H]1C[C@@H]2CN(C(=O)c3cccc(C(F)(F)F)n3)C[C@@H]2C[C@H]1O.O=CO. The van der Waals surface area contributed by atoms with Crippen LogP contribution in [0.25, 0.3) is 0 Å². The molecule has 2 aliphatic rings. The molecule has 1 amide bonds. The molecule has 7 nitrogen and oxygen atoms in total. The number of carbonyl (C=O) groups excluding carboxylic acids is 1. The first kappa shape index (κ1) is 22.1. The fourth-order valence-electron chi connectivity index (χ4n) is 4.00. The summed E-state index contributed by atoms with van der Waals surface area (Å²) >= 11 is 0. The van der Waals surface area contributed by atoms with Crippen molar-refractivity contribution in [1.82, 2.24) is 14.8 Å². The molecule has 0 spiro atoms. The van der Waals surface area contributed by atoms with Gasteiger partial charge >= 0.3 is 6.18 Å². The number of rotatable bonds is 2. The van der Waals surface area contributed by atoms with Gasteiger partial charge in [-0.1, -0.05) is 6.07 Å². The Balaban J connectivity index is 0.000000878. The molecule has 2 fully saturated rings. The molecule has 1 aliphatic heterocycles. The average molecular weight is 403 g/mol. The quantitative estimate of drug-likeness (QED) is 0.729. The van der Waals surface area contributed by atoms with Crippen molar-refractivity contribution in [2.24, 2.45) is 11.8 Å². The van der Waals surface area contributed by atoms with Crippen molar-refractivity contribution in [1.29, 1.82) is 0 Å². The maximum atomic E-state index is 12.8. The van der Waals surface area contributed by atoms with Crippen molar-refractivity contribution in [2.75, 3.05) is 27.2 Å². The number of hydrogen-bond donors (Lipinski definition) is 2. The molecule has 0 aromatic carbocycles. The Hall–Kier alpha value is -2.20. The third-order valence-corrected chi connectivity index (χ3v) is 5.32. The lowest BCUT2D eigenvalue weighted by atomic mass is 9.77. The van der Waals surface area contributed by atoms with Crippen molar-refractivity contribution in [3.63, 3.8) is 0 Å². The van der Waals surface area contributed by atoms with Crippen LogP contribution < -0.4 is 0 Å². The van der Waals surface area contributed by atoms with Gasteiger partial charge in [-0.25, -0.2) is 4.98 Å². The Morgan fingerprint density at radius 2 is 1.82 bits per heavy atom. The number of likely N-dealkylation sites (tertiary alicyclic amines) is 1. The summed E-state index contributed by atoms with van der Waals surface area (Å²) in [6.07, 6.45) is -3.64. The van der Waals surface area contributed by atoms with Gasteiger partial charge in [0.1, 0.15) is 11.4 Å². The molecular weight excluding hydrogens is 379 g/mol. The smallest absolute Gasteiger partial charge is 0.433 e. The second-order valence-electron chi connectivity index (χ2n) is 7.31. The van der Waals surface area contributed by atoms with Gasteiger partial charge in [0.15, 0.2) is 0 Å². The van der Waals surface area contributed by atoms with Gasteiger partial charge in [0.25, 0.3) is 12.4 Å². The van der Waals surface area contributed by atoms with Crippen LogP contribution in [-0.4, -0.2) is 76.7 Å². The molecule has 1 aromatic heterocycles. The van der Waals surface area contributed by atoms with E-state index in [1.807, 2.05) is 19.0 Å². The number of aliphatic hydroxyl groups excluding tert-OH is 1. The van der Waals surface area contributed by atoms with Crippen LogP contribution in [0.3, 0.4) is 0 Å². The second kappa shape index (κ2) is 8.87. The monoisotopic (exact) mass is 403 g/mol. The number of nitrogens with zero attached hydrogens (tertiary/aromatic N) is 3. The number of aromatic nitrogens is 1. The van der Waals surface area contributed by atoms with E-state index in [-0.39, 0.29) is 30.0 Å². The van der Waals surface area contributed by atoms with E-state index in [1.54, 1.807) is 4.90 Å². The van der Waals surface area contributed by atoms with Gasteiger partial charge in [0.2, 0.25) is 0 Å². The maximum Gasteiger partial charge on any atom is 0.433 e. The lowest BCUT2D eigenvalue weighted by molar-refractivity contribution is -0.141. The van der Waals surface area contributed by atoms with Gasteiger partial charge in [-0.3, -0.25) is 9.59 Å². The van der Waals surface area contributed by atoms with Crippen LogP contribution in [0.4, 0.5) is 13.2 Å². The minimum absolute atomic E-state index is 0.0444. The highest BCUT2D eigenvalue weighted by atomic mass is 19.4. The van der Waals surface area contributed by atoms with Gasteiger partial charge < -0.3 is 20.0 Å². The normalized spacial score (nSPS) is 27.0. The highest BCUT2D eigenvalue weighted by molar-refractivity contribution is 5.92. The molecule has 10 heteroatoms. The number of fused-ring (bicyclic) bond motifs is 1. The lowest BCUT2D eigenvalue weighted by Gasteiger charge is -2.38. The minimum atomic E-state index is -4.57. The number of amides is 1. The standard InChI is InChI=1S/C17H22F3N3O2.CH2O2/c1-22(2)13-6-10-8-23(9-11(10)7-14(13)24)16(25)12-4-3-5-15(21-12)17(18,19)20;2-1-3/h3-5,10-11,13-14,24H,6-9H2,1-2H3;1H,(H,2,3)/t10-,11+,13-,14-;/m1./s1. The van der Waals surface area contributed by atoms with E-state index in [0.717, 1.165) is 12.5 Å². The van der Waals surface area contributed by atoms with Crippen molar-refractivity contribution in [2.45, 2.75) is 31.2 Å². The number of carbonyl (C=O) groups is 2. The summed E-state index contributed by atoms with van der Waals surface area (Å²) in [5.41, 5.74) is -1.24. The maximum absolute atomic E-state index is 12.8. The summed E-state index contributed by atoms with van der Waals surface area (Å²) in [5, 5.41) is 17.2. The Bertz CT molecular complexity index is 699. The number of carboxylic acid groups (broad SMARTS) is 1. The zero-order chi connectivity index (χ0) is 21.1. The van der Waals surface area contributed by atoms with E-state index in [1.165, 1.54) is 12.1 Å². The third-order valence-electron chi connectivity index (χ3n) is 5.32. The van der Waals surface area contributed by atoms with Crippen LogP contribution in [0.2, 0.25) is 0 Å². The molecule has 4 atom stereocenters. The molecule has 0 radical (unpaired) electrons. The largest absolute Gasteiger partial charge is 0.483 e. The molecule has 0 bridgehead atoms. The number of likely N-dealkylation sites (N-methyl/N-ethyl adjacent to an activating group) is 1. The van der Waals surface area contributed by atoms with Gasteiger partial charge in [-0.15, -0.1) is 0 Å². The fourth-order valence-corrected chi connectivity index (χ4v) is 4.00. The third kappa shape index (κ3) is 4.99. The predicted octanol–water partition coefficient (Wildman–Crippen LogP) is 1.57. The van der Waals surface area contributed by atoms with Gasteiger partial charge in [-0.2, -0.15) is 13.2 Å². The zero-order valence-corrected chi connectivity index (χ0v) is 15.6. The van der Waals surface area contributed by atoms with E-state index in [9.17, 15) is 23.1 Å². The van der Waals surface area contributed by atoms with E-state index in [0.29, 0.717) is 19.5 Å². The number of halogens is 3. The molecule has 156 valence electrons. The van der Waals surface area contributed by atoms with Crippen LogP contribution in [-0.2, 0) is 11.0 Å². The molecule has 28 heavy (non-hydrogen) atoms. The van der Waals surface area contributed by atoms with Crippen LogP contribution >= 0.6 is 0 Å². The average Bonchev–Trinajstić information content (AvgIpc) is 3.03. The summed E-state index contributed by atoms with van der Waals surface area (Å²) in [6.45, 7) is 0.705. The summed E-state index contributed by atoms with van der Waals surface area (Å²) < 4.78 is 38.4. The summed E-state index contributed by atoms with van der Waals surface area (Å²) in [5.74, 6) is -0.0390. The first-order chi connectivity index (χ1) is 13.1. The van der Waals surface area contributed by atoms with Crippen molar-refractivity contribution >= 4 is 12.4 Å². The summed E-state index contributed by atoms with van der Waals surface area (Å²) in [7, 11) is 3.83. The molecule has 1 aliphatic carbocycles. The molecular formula is C18H24F3N3O4. The molecule has 2 N–H and O–H groups in total. The van der Waals surface area contributed by atoms with E-state index < -0.39 is 23.9 Å². The topological polar surface area (TPSA) is 94.0 Å². The first-order valence-corrected chi connectivity index (χ1v) is 8.84. The molecule has 0 unspecified atom stereocenters. The van der Waals surface area contributed by atoms with Crippen molar-refractivity contribution in [3.05, 3.63) is 29.6 Å². The van der Waals surface area contributed by atoms with Gasteiger partial charge in [0, 0.05) is 19.1 Å². The molecule has 2 heterocycles. The molecule has 1 aromatic rings. The van der Waals surface area contributed by atoms with Gasteiger partial charge in [-0.05, 0) is 50.9 Å². The molecule has 1 saturated carbocycles. The first-order valence-electron chi connectivity index (χ1n) is 8.84. The number of pyridine rings is 1. The van der Waals surface area contributed by atoms with E-state index in [2.05, 4.69) is 4.98 Å². The van der Waals surface area contributed by atoms with Crippen LogP contribution in [0.1, 0.15) is 29.0 Å². The van der Waals surface area contributed by atoms with Crippen LogP contribution in [0.5, 0.6) is 0 Å². The second-order valence-corrected chi connectivity index (χ2v) is 7.31.